The highest BCUT2D eigenvalue weighted by Gasteiger charge is 2.40. The summed E-state index contributed by atoms with van der Waals surface area (Å²) in [6.07, 6.45) is 9.17. The Morgan fingerprint density at radius 3 is 2.48 bits per heavy atom. The molecule has 5 saturated heterocycles. The summed E-state index contributed by atoms with van der Waals surface area (Å²) in [7, 11) is 1.75. The van der Waals surface area contributed by atoms with Gasteiger partial charge in [0, 0.05) is 84.3 Å². The van der Waals surface area contributed by atoms with Crippen molar-refractivity contribution in [1.82, 2.24) is 48.6 Å². The van der Waals surface area contributed by atoms with E-state index in [4.69, 9.17) is 9.72 Å². The van der Waals surface area contributed by atoms with E-state index in [9.17, 15) is 28.0 Å². The molecule has 4 aromatic heterocycles. The first kappa shape index (κ1) is 41.9. The number of rotatable bonds is 10. The van der Waals surface area contributed by atoms with Gasteiger partial charge in [-0.25, -0.2) is 23.1 Å². The molecule has 344 valence electrons. The van der Waals surface area contributed by atoms with Crippen LogP contribution in [-0.2, 0) is 21.4 Å². The van der Waals surface area contributed by atoms with Crippen LogP contribution in [0.2, 0.25) is 0 Å². The largest absolute Gasteiger partial charge is 0.374 e. The number of para-hydroxylation sites is 1. The van der Waals surface area contributed by atoms with Crippen molar-refractivity contribution in [2.24, 2.45) is 13.0 Å². The molecule has 5 aromatic rings. The molecule has 9 heterocycles. The van der Waals surface area contributed by atoms with Crippen molar-refractivity contribution in [3.63, 3.8) is 0 Å². The molecule has 2 N–H and O–H groups in total. The normalized spacial score (nSPS) is 26.0. The Balaban J connectivity index is 0.663. The van der Waals surface area contributed by atoms with Gasteiger partial charge in [-0.3, -0.25) is 38.4 Å². The quantitative estimate of drug-likeness (QED) is 0.195. The van der Waals surface area contributed by atoms with Gasteiger partial charge < -0.3 is 24.8 Å². The summed E-state index contributed by atoms with van der Waals surface area (Å²) >= 11 is 0. The molecule has 0 radical (unpaired) electrons. The maximum Gasteiger partial charge on any atom is 0.329 e. The van der Waals surface area contributed by atoms with Gasteiger partial charge in [0.25, 0.3) is 12.3 Å². The van der Waals surface area contributed by atoms with Crippen molar-refractivity contribution in [2.75, 3.05) is 74.1 Å². The van der Waals surface area contributed by atoms with Gasteiger partial charge in [0.1, 0.15) is 17.4 Å². The number of imide groups is 1. The Bertz CT molecular complexity index is 2690. The number of nitrogens with one attached hydrogen (secondary N) is 2. The number of imidazole rings is 1. The van der Waals surface area contributed by atoms with Crippen LogP contribution in [0.15, 0.2) is 47.7 Å². The maximum atomic E-state index is 14.3. The van der Waals surface area contributed by atoms with Gasteiger partial charge >= 0.3 is 5.69 Å². The van der Waals surface area contributed by atoms with Crippen molar-refractivity contribution >= 4 is 51.6 Å². The molecule has 0 spiro atoms. The molecule has 6 aliphatic rings. The second-order valence-corrected chi connectivity index (χ2v) is 18.8. The van der Waals surface area contributed by atoms with Crippen molar-refractivity contribution in [3.8, 4) is 0 Å². The van der Waals surface area contributed by atoms with Gasteiger partial charge in [-0.2, -0.15) is 10.2 Å². The predicted molar refractivity (Wildman–Crippen MR) is 236 cm³/mol. The molecule has 6 fully saturated rings. The third-order valence-electron chi connectivity index (χ3n) is 15.0. The van der Waals surface area contributed by atoms with Gasteiger partial charge in [-0.05, 0) is 75.5 Å². The summed E-state index contributed by atoms with van der Waals surface area (Å²) in [6, 6.07) is 7.75. The number of halogens is 2. The highest BCUT2D eigenvalue weighted by atomic mass is 19.3. The second-order valence-electron chi connectivity index (χ2n) is 18.8. The number of carbonyl (C=O) groups is 3. The predicted octanol–water partition coefficient (Wildman–Crippen LogP) is 3.74. The number of hydrogen-bond acceptors (Lipinski definition) is 12. The molecule has 3 atom stereocenters. The molecule has 20 heteroatoms. The fraction of sp³-hybridized carbons (Fsp3) is 0.578. The lowest BCUT2D eigenvalue weighted by atomic mass is 9.85. The van der Waals surface area contributed by atoms with E-state index in [0.717, 1.165) is 114 Å². The molecule has 2 bridgehead atoms. The fourth-order valence-electron chi connectivity index (χ4n) is 11.5. The first-order valence-corrected chi connectivity index (χ1v) is 23.2. The molecule has 3 amide bonds. The summed E-state index contributed by atoms with van der Waals surface area (Å²) in [5, 5.41) is 13.7. The van der Waals surface area contributed by atoms with Crippen molar-refractivity contribution in [2.45, 2.75) is 94.5 Å². The smallest absolute Gasteiger partial charge is 0.329 e. The molecule has 1 unspecified atom stereocenters. The number of fused-ring (bicyclic) bond motifs is 4. The number of aryl methyl sites for hydroxylation is 1. The number of nitrogens with zero attached hydrogens (tertiary/aromatic N) is 11. The van der Waals surface area contributed by atoms with Gasteiger partial charge in [0.05, 0.1) is 53.4 Å². The van der Waals surface area contributed by atoms with Crippen molar-refractivity contribution < 1.29 is 27.9 Å². The van der Waals surface area contributed by atoms with Gasteiger partial charge in [-0.15, -0.1) is 0 Å². The van der Waals surface area contributed by atoms with E-state index in [-0.39, 0.29) is 47.5 Å². The number of ether oxygens (including phenoxy) is 1. The monoisotopic (exact) mass is 895 g/mol. The van der Waals surface area contributed by atoms with Crippen LogP contribution >= 0.6 is 0 Å². The average molecular weight is 896 g/mol. The minimum absolute atomic E-state index is 0.00575. The van der Waals surface area contributed by atoms with Crippen LogP contribution in [0.4, 0.5) is 26.0 Å². The summed E-state index contributed by atoms with van der Waals surface area (Å²) < 4.78 is 40.8. The SMILES string of the molecule is Cn1c(=O)n(C2CCC(=O)NC2=O)c2cccc(N3CCC(N4CCN(C[C@H]5CC[C@H](n6cc(NC(=O)c7cnn8ccc(N9C[C@H]%10C[C@@H]9CO%10)nc78)c(C(F)F)n6)CC5)CC4)CC3)c21. The number of benzene rings is 1. The molecular formula is C45H55F2N13O5. The van der Waals surface area contributed by atoms with Crippen molar-refractivity contribution in [1.29, 1.82) is 0 Å². The van der Waals surface area contributed by atoms with Crippen LogP contribution in [0.3, 0.4) is 0 Å². The highest BCUT2D eigenvalue weighted by Crippen LogP contribution is 2.37. The third kappa shape index (κ3) is 7.75. The highest BCUT2D eigenvalue weighted by molar-refractivity contribution is 6.08. The Hall–Kier alpha value is -5.73. The van der Waals surface area contributed by atoms with Crippen LogP contribution in [0.25, 0.3) is 16.7 Å². The van der Waals surface area contributed by atoms with Crippen LogP contribution in [-0.4, -0.2) is 138 Å². The molecule has 1 aliphatic carbocycles. The zero-order valence-corrected chi connectivity index (χ0v) is 36.5. The molecule has 1 saturated carbocycles. The Morgan fingerprint density at radius 1 is 0.954 bits per heavy atom. The number of alkyl halides is 2. The van der Waals surface area contributed by atoms with Crippen LogP contribution in [0, 0.1) is 5.92 Å². The maximum absolute atomic E-state index is 14.3. The number of amides is 3. The number of carbonyl (C=O) groups excluding carboxylic acids is 3. The summed E-state index contributed by atoms with van der Waals surface area (Å²) in [5.41, 5.74) is 2.39. The molecule has 65 heavy (non-hydrogen) atoms. The number of morpholine rings is 1. The zero-order valence-electron chi connectivity index (χ0n) is 36.5. The Morgan fingerprint density at radius 2 is 1.75 bits per heavy atom. The summed E-state index contributed by atoms with van der Waals surface area (Å²) in [6.45, 7) is 8.18. The average Bonchev–Trinajstić information content (AvgIpc) is 4.17. The van der Waals surface area contributed by atoms with E-state index >= 15 is 0 Å². The minimum Gasteiger partial charge on any atom is -0.374 e. The van der Waals surface area contributed by atoms with E-state index in [1.807, 2.05) is 18.2 Å². The Labute approximate surface area is 373 Å². The number of piperidine rings is 2. The number of piperazine rings is 1. The van der Waals surface area contributed by atoms with Crippen molar-refractivity contribution in [3.05, 3.63) is 64.6 Å². The summed E-state index contributed by atoms with van der Waals surface area (Å²) in [5.74, 6) is -0.0401. The number of aromatic nitrogens is 7. The van der Waals surface area contributed by atoms with E-state index in [1.165, 1.54) is 10.7 Å². The van der Waals surface area contributed by atoms with Crippen LogP contribution in [0.1, 0.15) is 92.3 Å². The van der Waals surface area contributed by atoms with Gasteiger partial charge in [0.2, 0.25) is 11.8 Å². The van der Waals surface area contributed by atoms with Gasteiger partial charge in [-0.1, -0.05) is 6.07 Å². The van der Waals surface area contributed by atoms with E-state index < -0.39 is 30.0 Å². The summed E-state index contributed by atoms with van der Waals surface area (Å²) in [4.78, 5) is 66.1. The lowest BCUT2D eigenvalue weighted by Gasteiger charge is -2.44. The van der Waals surface area contributed by atoms with E-state index in [1.54, 1.807) is 33.3 Å². The molecule has 5 aliphatic heterocycles. The Kier molecular flexibility index (Phi) is 10.9. The lowest BCUT2D eigenvalue weighted by Crippen LogP contribution is -2.54. The fourth-order valence-corrected chi connectivity index (χ4v) is 11.5. The zero-order chi connectivity index (χ0) is 44.5. The first-order chi connectivity index (χ1) is 31.6. The molecule has 18 nitrogen and oxygen atoms in total. The first-order valence-electron chi connectivity index (χ1n) is 23.2. The number of anilines is 3. The third-order valence-corrected chi connectivity index (χ3v) is 15.0. The topological polar surface area (TPSA) is 172 Å². The van der Waals surface area contributed by atoms with Gasteiger partial charge in [0.15, 0.2) is 11.3 Å². The van der Waals surface area contributed by atoms with E-state index in [0.29, 0.717) is 36.2 Å². The van der Waals surface area contributed by atoms with Crippen LogP contribution < -0.4 is 26.1 Å². The van der Waals surface area contributed by atoms with Crippen LogP contribution in [0.5, 0.6) is 0 Å². The minimum atomic E-state index is -2.85. The molecule has 1 aromatic carbocycles. The lowest BCUT2D eigenvalue weighted by molar-refractivity contribution is -0.135. The second kappa shape index (κ2) is 16.9. The molecular weight excluding hydrogens is 841 g/mol. The molecule has 11 rings (SSSR count). The number of hydrogen-bond donors (Lipinski definition) is 2. The standard InChI is InChI=1S/C45H55F2N13O5/c1-53-40-34(3-2-4-35(40)60(45(53)64)36-9-10-38(61)51-44(36)63)56-14-11-28(12-15-56)55-19-17-54(18-20-55)23-27-5-7-29(8-6-27)59-25-33(39(52-59)41(46)47)49-43(62)32-22-48-58-16-13-37(50-42(32)58)57-24-31-21-30(57)26-65-31/h2-4,13,16,22,25,27-31,36,41H,5-12,14-15,17-21,23-24,26H2,1H3,(H,49,62)(H,51,61,63)/t27-,29-,30-,31-,36?/m1/s1. The van der Waals surface area contributed by atoms with E-state index in [2.05, 4.69) is 46.5 Å².